The minimum atomic E-state index is -0.225. The van der Waals surface area contributed by atoms with Gasteiger partial charge >= 0.3 is 0 Å². The van der Waals surface area contributed by atoms with E-state index in [2.05, 4.69) is 18.8 Å². The van der Waals surface area contributed by atoms with Crippen molar-refractivity contribution in [1.82, 2.24) is 4.98 Å². The molecule has 0 saturated heterocycles. The van der Waals surface area contributed by atoms with Crippen molar-refractivity contribution in [3.63, 3.8) is 0 Å². The summed E-state index contributed by atoms with van der Waals surface area (Å²) in [5.41, 5.74) is 8.27. The van der Waals surface area contributed by atoms with Gasteiger partial charge in [-0.1, -0.05) is 44.2 Å². The number of nitrogens with two attached hydrogens (primary N) is 1. The number of carbonyl (C=O) groups is 1. The topological polar surface area (TPSA) is 69.1 Å². The van der Waals surface area contributed by atoms with Crippen molar-refractivity contribution in [2.24, 2.45) is 0 Å². The van der Waals surface area contributed by atoms with Gasteiger partial charge in [0.1, 0.15) is 0 Å². The Morgan fingerprint density at radius 2 is 1.86 bits per heavy atom. The molecule has 0 saturated carbocycles. The Hall–Kier alpha value is -2.62. The minimum Gasteiger partial charge on any atom is -0.432 e. The normalized spacial score (nSPS) is 11.2. The van der Waals surface area contributed by atoms with E-state index in [4.69, 9.17) is 10.2 Å². The highest BCUT2D eigenvalue weighted by Crippen LogP contribution is 2.30. The number of rotatable bonds is 3. The van der Waals surface area contributed by atoms with Crippen LogP contribution in [0.15, 0.2) is 46.9 Å². The lowest BCUT2D eigenvalue weighted by Crippen LogP contribution is -2.02. The highest BCUT2D eigenvalue weighted by atomic mass is 16.4. The monoisotopic (exact) mass is 280 g/mol. The molecule has 0 radical (unpaired) electrons. The van der Waals surface area contributed by atoms with Crippen LogP contribution in [0.2, 0.25) is 0 Å². The van der Waals surface area contributed by atoms with Gasteiger partial charge in [-0.15, -0.1) is 0 Å². The van der Waals surface area contributed by atoms with Crippen molar-refractivity contribution in [3.8, 4) is 0 Å². The first-order valence-corrected chi connectivity index (χ1v) is 6.86. The van der Waals surface area contributed by atoms with Crippen LogP contribution in [-0.4, -0.2) is 10.8 Å². The van der Waals surface area contributed by atoms with Gasteiger partial charge in [-0.2, -0.15) is 0 Å². The third-order valence-electron chi connectivity index (χ3n) is 3.45. The van der Waals surface area contributed by atoms with Crippen LogP contribution in [0.5, 0.6) is 0 Å². The molecule has 0 bridgehead atoms. The lowest BCUT2D eigenvalue weighted by Gasteiger charge is -2.02. The number of ketones is 1. The van der Waals surface area contributed by atoms with Gasteiger partial charge in [0.15, 0.2) is 0 Å². The fourth-order valence-electron chi connectivity index (χ4n) is 2.22. The molecule has 4 heteroatoms. The summed E-state index contributed by atoms with van der Waals surface area (Å²) in [6, 6.07) is 12.7. The third kappa shape index (κ3) is 2.29. The van der Waals surface area contributed by atoms with E-state index in [1.165, 1.54) is 0 Å². The van der Waals surface area contributed by atoms with E-state index in [9.17, 15) is 4.79 Å². The fraction of sp³-hybridized carbons (Fsp3) is 0.176. The van der Waals surface area contributed by atoms with E-state index in [-0.39, 0.29) is 17.5 Å². The summed E-state index contributed by atoms with van der Waals surface area (Å²) >= 11 is 0. The fourth-order valence-corrected chi connectivity index (χ4v) is 2.22. The molecule has 0 amide bonds. The standard InChI is InChI=1S/C17H16N2O2/c1-10(2)13-9-8-12-14(18)16(21-17(12)19-13)15(20)11-6-4-3-5-7-11/h3-10H,18H2,1-2H3. The number of fused-ring (bicyclic) bond motifs is 1. The van der Waals surface area contributed by atoms with Crippen LogP contribution in [0.4, 0.5) is 5.69 Å². The molecule has 0 fully saturated rings. The SMILES string of the molecule is CC(C)c1ccc2c(N)c(C(=O)c3ccccc3)oc2n1. The zero-order chi connectivity index (χ0) is 15.0. The number of nitrogen functional groups attached to an aromatic ring is 1. The second kappa shape index (κ2) is 5.05. The maximum atomic E-state index is 12.5. The molecular weight excluding hydrogens is 264 g/mol. The van der Waals surface area contributed by atoms with E-state index < -0.39 is 0 Å². The Morgan fingerprint density at radius 1 is 1.14 bits per heavy atom. The predicted octanol–water partition coefficient (Wildman–Crippen LogP) is 3.76. The largest absolute Gasteiger partial charge is 0.432 e. The molecule has 0 unspecified atom stereocenters. The number of carbonyl (C=O) groups excluding carboxylic acids is 1. The summed E-state index contributed by atoms with van der Waals surface area (Å²) in [6.45, 7) is 4.10. The molecule has 1 aromatic carbocycles. The Balaban J connectivity index is 2.11. The van der Waals surface area contributed by atoms with Crippen LogP contribution in [-0.2, 0) is 0 Å². The van der Waals surface area contributed by atoms with E-state index in [0.29, 0.717) is 22.4 Å². The third-order valence-corrected chi connectivity index (χ3v) is 3.45. The number of aromatic nitrogens is 1. The molecule has 3 aromatic rings. The Morgan fingerprint density at radius 3 is 2.52 bits per heavy atom. The van der Waals surface area contributed by atoms with Gasteiger partial charge in [0.2, 0.25) is 17.3 Å². The van der Waals surface area contributed by atoms with Crippen LogP contribution in [0.25, 0.3) is 11.1 Å². The number of anilines is 1. The summed E-state index contributed by atoms with van der Waals surface area (Å²) in [4.78, 5) is 16.9. The van der Waals surface area contributed by atoms with Gasteiger partial charge in [0.05, 0.1) is 11.1 Å². The molecule has 3 rings (SSSR count). The summed E-state index contributed by atoms with van der Waals surface area (Å²) in [7, 11) is 0. The zero-order valence-corrected chi connectivity index (χ0v) is 12.0. The number of benzene rings is 1. The highest BCUT2D eigenvalue weighted by molar-refractivity contribution is 6.13. The lowest BCUT2D eigenvalue weighted by atomic mass is 10.1. The Labute approximate surface area is 122 Å². The summed E-state index contributed by atoms with van der Waals surface area (Å²) < 4.78 is 5.62. The van der Waals surface area contributed by atoms with Crippen molar-refractivity contribution in [3.05, 3.63) is 59.5 Å². The molecule has 0 aliphatic heterocycles. The van der Waals surface area contributed by atoms with Crippen molar-refractivity contribution < 1.29 is 9.21 Å². The van der Waals surface area contributed by atoms with Crippen LogP contribution >= 0.6 is 0 Å². The summed E-state index contributed by atoms with van der Waals surface area (Å²) in [5, 5.41) is 0.679. The van der Waals surface area contributed by atoms with Crippen LogP contribution in [0.3, 0.4) is 0 Å². The first-order chi connectivity index (χ1) is 10.1. The van der Waals surface area contributed by atoms with Crippen molar-refractivity contribution >= 4 is 22.6 Å². The van der Waals surface area contributed by atoms with Crippen molar-refractivity contribution in [2.45, 2.75) is 19.8 Å². The van der Waals surface area contributed by atoms with Gasteiger partial charge in [-0.25, -0.2) is 4.98 Å². The van der Waals surface area contributed by atoms with Gasteiger partial charge < -0.3 is 10.2 Å². The number of nitrogens with zero attached hydrogens (tertiary/aromatic N) is 1. The van der Waals surface area contributed by atoms with E-state index in [1.54, 1.807) is 24.3 Å². The molecule has 2 N–H and O–H groups in total. The molecule has 2 heterocycles. The smallest absolute Gasteiger partial charge is 0.230 e. The number of furan rings is 1. The van der Waals surface area contributed by atoms with E-state index in [0.717, 1.165) is 5.69 Å². The molecule has 106 valence electrons. The second-order valence-electron chi connectivity index (χ2n) is 5.28. The van der Waals surface area contributed by atoms with Crippen LogP contribution < -0.4 is 5.73 Å². The molecule has 0 atom stereocenters. The van der Waals surface area contributed by atoms with Gasteiger partial charge in [0, 0.05) is 11.3 Å². The minimum absolute atomic E-state index is 0.157. The molecule has 4 nitrogen and oxygen atoms in total. The first kappa shape index (κ1) is 13.4. The summed E-state index contributed by atoms with van der Waals surface area (Å²) in [5.74, 6) is 0.218. The average molecular weight is 280 g/mol. The number of hydrogen-bond acceptors (Lipinski definition) is 4. The lowest BCUT2D eigenvalue weighted by molar-refractivity contribution is 0.101. The quantitative estimate of drug-likeness (QED) is 0.741. The van der Waals surface area contributed by atoms with Crippen LogP contribution in [0.1, 0.15) is 41.6 Å². The van der Waals surface area contributed by atoms with Gasteiger partial charge in [-0.05, 0) is 18.1 Å². The van der Waals surface area contributed by atoms with Crippen molar-refractivity contribution in [2.75, 3.05) is 5.73 Å². The van der Waals surface area contributed by atoms with Gasteiger partial charge in [-0.3, -0.25) is 4.79 Å². The average Bonchev–Trinajstić information content (AvgIpc) is 2.84. The predicted molar refractivity (Wildman–Crippen MR) is 82.4 cm³/mol. The van der Waals surface area contributed by atoms with Crippen molar-refractivity contribution in [1.29, 1.82) is 0 Å². The molecule has 21 heavy (non-hydrogen) atoms. The van der Waals surface area contributed by atoms with Crippen LogP contribution in [0, 0.1) is 0 Å². The maximum absolute atomic E-state index is 12.5. The zero-order valence-electron chi connectivity index (χ0n) is 12.0. The van der Waals surface area contributed by atoms with E-state index >= 15 is 0 Å². The Kier molecular flexibility index (Phi) is 3.22. The molecule has 0 spiro atoms. The Bertz CT molecular complexity index is 804. The first-order valence-electron chi connectivity index (χ1n) is 6.86. The molecule has 0 aliphatic carbocycles. The molecule has 2 aromatic heterocycles. The second-order valence-corrected chi connectivity index (χ2v) is 5.28. The molecular formula is C17H16N2O2. The number of hydrogen-bond donors (Lipinski definition) is 1. The van der Waals surface area contributed by atoms with E-state index in [1.807, 2.05) is 18.2 Å². The highest BCUT2D eigenvalue weighted by Gasteiger charge is 2.21. The molecule has 0 aliphatic rings. The number of pyridine rings is 1. The maximum Gasteiger partial charge on any atom is 0.230 e. The van der Waals surface area contributed by atoms with Gasteiger partial charge in [0.25, 0.3) is 0 Å². The summed E-state index contributed by atoms with van der Waals surface area (Å²) in [6.07, 6.45) is 0.